The second-order valence-electron chi connectivity index (χ2n) is 5.98. The summed E-state index contributed by atoms with van der Waals surface area (Å²) in [5, 5.41) is 11.8. The van der Waals surface area contributed by atoms with Gasteiger partial charge in [-0.25, -0.2) is 0 Å². The van der Waals surface area contributed by atoms with E-state index in [0.717, 1.165) is 19.3 Å². The van der Waals surface area contributed by atoms with Crippen molar-refractivity contribution in [3.63, 3.8) is 0 Å². The lowest BCUT2D eigenvalue weighted by atomic mass is 9.95. The van der Waals surface area contributed by atoms with Crippen LogP contribution in [0.25, 0.3) is 0 Å². The summed E-state index contributed by atoms with van der Waals surface area (Å²) in [5.74, 6) is 1.19. The van der Waals surface area contributed by atoms with Crippen LogP contribution in [0.1, 0.15) is 30.7 Å². The van der Waals surface area contributed by atoms with Crippen LogP contribution < -0.4 is 5.73 Å². The van der Waals surface area contributed by atoms with E-state index in [1.54, 1.807) is 0 Å². The molecule has 3 rings (SSSR count). The molecule has 0 spiro atoms. The zero-order chi connectivity index (χ0) is 14.8. The maximum atomic E-state index is 12.5. The van der Waals surface area contributed by atoms with E-state index in [2.05, 4.69) is 17.3 Å². The summed E-state index contributed by atoms with van der Waals surface area (Å²) in [6, 6.07) is 10.3. The van der Waals surface area contributed by atoms with Gasteiger partial charge in [-0.2, -0.15) is 0 Å². The molecule has 2 atom stereocenters. The molecule has 2 unspecified atom stereocenters. The predicted octanol–water partition coefficient (Wildman–Crippen LogP) is 1.78. The SMILES string of the molecule is N/C(=N/O)C1CCN(C(=O)C2CC2c2ccccc2)CC1. The van der Waals surface area contributed by atoms with E-state index in [9.17, 15) is 4.79 Å². The minimum Gasteiger partial charge on any atom is -0.409 e. The Labute approximate surface area is 124 Å². The van der Waals surface area contributed by atoms with Crippen molar-refractivity contribution in [2.45, 2.75) is 25.2 Å². The number of rotatable bonds is 3. The van der Waals surface area contributed by atoms with E-state index in [-0.39, 0.29) is 23.6 Å². The topological polar surface area (TPSA) is 78.9 Å². The van der Waals surface area contributed by atoms with Crippen LogP contribution in [0.4, 0.5) is 0 Å². The van der Waals surface area contributed by atoms with Crippen molar-refractivity contribution in [3.8, 4) is 0 Å². The number of benzene rings is 1. The highest BCUT2D eigenvalue weighted by Gasteiger charge is 2.46. The quantitative estimate of drug-likeness (QED) is 0.385. The third-order valence-corrected chi connectivity index (χ3v) is 4.68. The lowest BCUT2D eigenvalue weighted by Gasteiger charge is -2.31. The Kier molecular flexibility index (Phi) is 3.82. The summed E-state index contributed by atoms with van der Waals surface area (Å²) in [6.45, 7) is 1.41. The number of amides is 1. The zero-order valence-corrected chi connectivity index (χ0v) is 12.0. The van der Waals surface area contributed by atoms with Crippen molar-refractivity contribution in [1.29, 1.82) is 0 Å². The minimum absolute atomic E-state index is 0.100. The first-order valence-corrected chi connectivity index (χ1v) is 7.52. The van der Waals surface area contributed by atoms with Gasteiger partial charge >= 0.3 is 0 Å². The molecule has 1 aromatic carbocycles. The number of oxime groups is 1. The van der Waals surface area contributed by atoms with Gasteiger partial charge in [-0.05, 0) is 30.7 Å². The Morgan fingerprint density at radius 1 is 1.24 bits per heavy atom. The molecule has 5 nitrogen and oxygen atoms in total. The maximum absolute atomic E-state index is 12.5. The lowest BCUT2D eigenvalue weighted by Crippen LogP contribution is -2.42. The number of likely N-dealkylation sites (tertiary alicyclic amines) is 1. The summed E-state index contributed by atoms with van der Waals surface area (Å²) in [4.78, 5) is 14.4. The van der Waals surface area contributed by atoms with Crippen LogP contribution >= 0.6 is 0 Å². The lowest BCUT2D eigenvalue weighted by molar-refractivity contribution is -0.133. The van der Waals surface area contributed by atoms with E-state index in [4.69, 9.17) is 10.9 Å². The fourth-order valence-corrected chi connectivity index (χ4v) is 3.25. The first-order valence-electron chi connectivity index (χ1n) is 7.52. The van der Waals surface area contributed by atoms with Crippen LogP contribution in [0.2, 0.25) is 0 Å². The largest absolute Gasteiger partial charge is 0.409 e. The normalized spacial score (nSPS) is 26.7. The molecular formula is C16H21N3O2. The number of carbonyl (C=O) groups excluding carboxylic acids is 1. The summed E-state index contributed by atoms with van der Waals surface area (Å²) in [6.07, 6.45) is 2.53. The minimum atomic E-state index is 0.100. The molecule has 1 aliphatic carbocycles. The van der Waals surface area contributed by atoms with Gasteiger partial charge in [0.15, 0.2) is 0 Å². The molecule has 1 amide bonds. The maximum Gasteiger partial charge on any atom is 0.226 e. The third-order valence-electron chi connectivity index (χ3n) is 4.68. The number of amidine groups is 1. The van der Waals surface area contributed by atoms with Gasteiger partial charge in [0.2, 0.25) is 5.91 Å². The van der Waals surface area contributed by atoms with Crippen LogP contribution in [-0.2, 0) is 4.79 Å². The van der Waals surface area contributed by atoms with Crippen LogP contribution in [-0.4, -0.2) is 34.9 Å². The number of nitrogens with two attached hydrogens (primary N) is 1. The molecule has 21 heavy (non-hydrogen) atoms. The van der Waals surface area contributed by atoms with Crippen molar-refractivity contribution in [2.75, 3.05) is 13.1 Å². The predicted molar refractivity (Wildman–Crippen MR) is 80.0 cm³/mol. The van der Waals surface area contributed by atoms with Gasteiger partial charge in [-0.3, -0.25) is 4.79 Å². The van der Waals surface area contributed by atoms with E-state index in [1.165, 1.54) is 5.56 Å². The zero-order valence-electron chi connectivity index (χ0n) is 12.0. The third kappa shape index (κ3) is 2.86. The Morgan fingerprint density at radius 2 is 1.90 bits per heavy atom. The highest BCUT2D eigenvalue weighted by atomic mass is 16.4. The van der Waals surface area contributed by atoms with Crippen molar-refractivity contribution in [1.82, 2.24) is 4.90 Å². The van der Waals surface area contributed by atoms with Crippen molar-refractivity contribution < 1.29 is 10.0 Å². The first kappa shape index (κ1) is 13.9. The number of hydrogen-bond acceptors (Lipinski definition) is 3. The smallest absolute Gasteiger partial charge is 0.226 e. The summed E-state index contributed by atoms with van der Waals surface area (Å²) in [7, 11) is 0. The van der Waals surface area contributed by atoms with Crippen molar-refractivity contribution in [2.24, 2.45) is 22.7 Å². The Balaban J connectivity index is 1.54. The average Bonchev–Trinajstić information content (AvgIpc) is 3.35. The van der Waals surface area contributed by atoms with Crippen LogP contribution in [0.3, 0.4) is 0 Å². The number of carbonyl (C=O) groups is 1. The van der Waals surface area contributed by atoms with Crippen LogP contribution in [0.5, 0.6) is 0 Å². The highest BCUT2D eigenvalue weighted by molar-refractivity contribution is 5.84. The van der Waals surface area contributed by atoms with Gasteiger partial charge in [0.25, 0.3) is 0 Å². The fourth-order valence-electron chi connectivity index (χ4n) is 3.25. The van der Waals surface area contributed by atoms with Crippen LogP contribution in [0.15, 0.2) is 35.5 Å². The number of nitrogens with zero attached hydrogens (tertiary/aromatic N) is 2. The van der Waals surface area contributed by atoms with E-state index >= 15 is 0 Å². The van der Waals surface area contributed by atoms with Crippen LogP contribution in [0, 0.1) is 11.8 Å². The molecule has 1 aliphatic heterocycles. The molecule has 0 bridgehead atoms. The summed E-state index contributed by atoms with van der Waals surface area (Å²) in [5.41, 5.74) is 6.90. The van der Waals surface area contributed by atoms with Crippen molar-refractivity contribution >= 4 is 11.7 Å². The standard InChI is InChI=1S/C16H21N3O2/c17-15(18-21)12-6-8-19(9-7-12)16(20)14-10-13(14)11-4-2-1-3-5-11/h1-5,12-14,21H,6-10H2,(H2,17,18). The highest BCUT2D eigenvalue weighted by Crippen LogP contribution is 2.48. The molecule has 5 heteroatoms. The summed E-state index contributed by atoms with van der Waals surface area (Å²) >= 11 is 0. The Bertz CT molecular complexity index is 536. The Morgan fingerprint density at radius 3 is 2.52 bits per heavy atom. The Hall–Kier alpha value is -2.04. The monoisotopic (exact) mass is 287 g/mol. The van der Waals surface area contributed by atoms with Gasteiger partial charge in [0, 0.05) is 24.9 Å². The fraction of sp³-hybridized carbons (Fsp3) is 0.500. The molecular weight excluding hydrogens is 266 g/mol. The average molecular weight is 287 g/mol. The molecule has 2 fully saturated rings. The van der Waals surface area contributed by atoms with Gasteiger partial charge < -0.3 is 15.8 Å². The number of piperidine rings is 1. The molecule has 1 heterocycles. The molecule has 1 aromatic rings. The second-order valence-corrected chi connectivity index (χ2v) is 5.98. The summed E-state index contributed by atoms with van der Waals surface area (Å²) < 4.78 is 0. The van der Waals surface area contributed by atoms with E-state index in [0.29, 0.717) is 19.0 Å². The van der Waals surface area contributed by atoms with Gasteiger partial charge in [0.1, 0.15) is 5.84 Å². The molecule has 1 saturated heterocycles. The van der Waals surface area contributed by atoms with Gasteiger partial charge in [-0.1, -0.05) is 35.5 Å². The molecule has 0 aromatic heterocycles. The van der Waals surface area contributed by atoms with E-state index < -0.39 is 0 Å². The molecule has 0 radical (unpaired) electrons. The molecule has 2 aliphatic rings. The first-order chi connectivity index (χ1) is 10.2. The molecule has 112 valence electrons. The number of hydrogen-bond donors (Lipinski definition) is 2. The molecule has 3 N–H and O–H groups in total. The second kappa shape index (κ2) is 5.76. The molecule has 1 saturated carbocycles. The van der Waals surface area contributed by atoms with Crippen molar-refractivity contribution in [3.05, 3.63) is 35.9 Å². The van der Waals surface area contributed by atoms with Gasteiger partial charge in [0.05, 0.1) is 0 Å². The van der Waals surface area contributed by atoms with Gasteiger partial charge in [-0.15, -0.1) is 0 Å². The van der Waals surface area contributed by atoms with E-state index in [1.807, 2.05) is 23.1 Å².